The Kier molecular flexibility index (Phi) is 8.58. The zero-order valence-electron chi connectivity index (χ0n) is 16.9. The van der Waals surface area contributed by atoms with Crippen LogP contribution in [0.25, 0.3) is 5.57 Å². The summed E-state index contributed by atoms with van der Waals surface area (Å²) in [6, 6.07) is 6.14. The third kappa shape index (κ3) is 5.42. The van der Waals surface area contributed by atoms with Gasteiger partial charge in [0.25, 0.3) is 0 Å². The molecule has 0 aliphatic heterocycles. The average Bonchev–Trinajstić information content (AvgIpc) is 2.69. The molecule has 13 heteroatoms. The van der Waals surface area contributed by atoms with Gasteiger partial charge in [0.15, 0.2) is 0 Å². The van der Waals surface area contributed by atoms with E-state index in [4.69, 9.17) is 0 Å². The first-order valence-electron chi connectivity index (χ1n) is 9.51. The van der Waals surface area contributed by atoms with E-state index in [1.54, 1.807) is 6.92 Å². The highest BCUT2D eigenvalue weighted by Crippen LogP contribution is 2.60. The molecular weight excluding hydrogens is 487 g/mol. The van der Waals surface area contributed by atoms with Gasteiger partial charge in [-0.2, -0.15) is 57.1 Å². The molecule has 33 heavy (non-hydrogen) atoms. The third-order valence-corrected chi connectivity index (χ3v) is 4.76. The highest BCUT2D eigenvalue weighted by molar-refractivity contribution is 5.66. The molecule has 190 valence electrons. The van der Waals surface area contributed by atoms with E-state index in [9.17, 15) is 57.1 Å². The lowest BCUT2D eigenvalue weighted by atomic mass is 9.91. The van der Waals surface area contributed by atoms with Gasteiger partial charge in [-0.25, -0.2) is 0 Å². The van der Waals surface area contributed by atoms with Crippen molar-refractivity contribution in [3.05, 3.63) is 42.0 Å². The van der Waals surface area contributed by atoms with E-state index in [1.165, 1.54) is 18.2 Å². The lowest BCUT2D eigenvalue weighted by molar-refractivity contribution is -0.436. The molecule has 1 rings (SSSR count). The SMILES string of the molecule is CCCCCC/C(=C\C(F)(F)C(F)(F)C(F)(F)C(F)(F)C(F)(F)C(F)(F)F)c1ccccc1. The predicted octanol–water partition coefficient (Wildman–Crippen LogP) is 8.78. The van der Waals surface area contributed by atoms with E-state index in [0.717, 1.165) is 12.1 Å². The number of halogens is 13. The second kappa shape index (κ2) is 9.73. The van der Waals surface area contributed by atoms with Crippen LogP contribution in [0.5, 0.6) is 0 Å². The molecule has 0 saturated heterocycles. The zero-order chi connectivity index (χ0) is 25.9. The standard InChI is InChI=1S/C20H19F13/c1-2-3-4-6-11-14(13-9-7-5-8-10-13)12-15(21,22)16(23,24)17(25,26)18(27,28)19(29,30)20(31,32)33/h5,7-10,12H,2-4,6,11H2,1H3/b14-12+. The van der Waals surface area contributed by atoms with Crippen molar-refractivity contribution in [2.75, 3.05) is 0 Å². The van der Waals surface area contributed by atoms with Crippen LogP contribution in [0.15, 0.2) is 36.4 Å². The molecule has 0 N–H and O–H groups in total. The molecule has 0 atom stereocenters. The second-order valence-electron chi connectivity index (χ2n) is 7.26. The van der Waals surface area contributed by atoms with Gasteiger partial charge in [0, 0.05) is 0 Å². The van der Waals surface area contributed by atoms with E-state index >= 15 is 0 Å². The first-order valence-corrected chi connectivity index (χ1v) is 9.51. The number of hydrogen-bond donors (Lipinski definition) is 0. The Bertz CT molecular complexity index is 792. The van der Waals surface area contributed by atoms with Gasteiger partial charge in [0.2, 0.25) is 0 Å². The molecule has 0 nitrogen and oxygen atoms in total. The van der Waals surface area contributed by atoms with Crippen molar-refractivity contribution >= 4 is 5.57 Å². The Morgan fingerprint density at radius 2 is 1.12 bits per heavy atom. The maximum absolute atomic E-state index is 14.3. The van der Waals surface area contributed by atoms with Gasteiger partial charge in [-0.1, -0.05) is 56.5 Å². The minimum Gasteiger partial charge on any atom is -0.195 e. The van der Waals surface area contributed by atoms with Crippen molar-refractivity contribution in [1.29, 1.82) is 0 Å². The van der Waals surface area contributed by atoms with Crippen LogP contribution in [0.3, 0.4) is 0 Å². The van der Waals surface area contributed by atoms with Gasteiger partial charge in [0.05, 0.1) is 0 Å². The number of alkyl halides is 13. The summed E-state index contributed by atoms with van der Waals surface area (Å²) in [5.41, 5.74) is -0.877. The molecular formula is C20H19F13. The van der Waals surface area contributed by atoms with Crippen LogP contribution < -0.4 is 0 Å². The molecule has 0 heterocycles. The van der Waals surface area contributed by atoms with Gasteiger partial charge in [-0.3, -0.25) is 0 Å². The molecule has 0 unspecified atom stereocenters. The summed E-state index contributed by atoms with van der Waals surface area (Å²) in [7, 11) is 0. The minimum atomic E-state index is -7.90. The Morgan fingerprint density at radius 1 is 0.636 bits per heavy atom. The van der Waals surface area contributed by atoms with Crippen molar-refractivity contribution in [2.24, 2.45) is 0 Å². The number of rotatable bonds is 11. The fourth-order valence-corrected chi connectivity index (χ4v) is 2.79. The van der Waals surface area contributed by atoms with Crippen LogP contribution in [0.2, 0.25) is 0 Å². The molecule has 0 radical (unpaired) electrons. The minimum absolute atomic E-state index is 0.0922. The molecule has 0 aromatic heterocycles. The van der Waals surface area contributed by atoms with E-state index in [-0.39, 0.29) is 12.0 Å². The molecule has 0 aliphatic rings. The predicted molar refractivity (Wildman–Crippen MR) is 94.0 cm³/mol. The van der Waals surface area contributed by atoms with Gasteiger partial charge in [0.1, 0.15) is 0 Å². The smallest absolute Gasteiger partial charge is 0.195 e. The fourth-order valence-electron chi connectivity index (χ4n) is 2.79. The molecule has 1 aromatic rings. The Balaban J connectivity index is 3.52. The number of allylic oxidation sites excluding steroid dienone is 2. The van der Waals surface area contributed by atoms with E-state index in [0.29, 0.717) is 19.3 Å². The van der Waals surface area contributed by atoms with Gasteiger partial charge in [-0.05, 0) is 30.1 Å². The molecule has 0 aliphatic carbocycles. The lowest BCUT2D eigenvalue weighted by Gasteiger charge is -2.39. The van der Waals surface area contributed by atoms with Gasteiger partial charge in [-0.15, -0.1) is 0 Å². The van der Waals surface area contributed by atoms with Crippen molar-refractivity contribution in [3.8, 4) is 0 Å². The van der Waals surface area contributed by atoms with E-state index in [2.05, 4.69) is 0 Å². The molecule has 0 bridgehead atoms. The monoisotopic (exact) mass is 506 g/mol. The molecule has 0 fully saturated rings. The third-order valence-electron chi connectivity index (χ3n) is 4.76. The second-order valence-corrected chi connectivity index (χ2v) is 7.26. The van der Waals surface area contributed by atoms with Crippen molar-refractivity contribution in [3.63, 3.8) is 0 Å². The van der Waals surface area contributed by atoms with Crippen molar-refractivity contribution in [1.82, 2.24) is 0 Å². The van der Waals surface area contributed by atoms with Crippen molar-refractivity contribution in [2.45, 2.75) is 74.8 Å². The molecule has 0 amide bonds. The first kappa shape index (κ1) is 29.1. The van der Waals surface area contributed by atoms with Crippen molar-refractivity contribution < 1.29 is 57.1 Å². The summed E-state index contributed by atoms with van der Waals surface area (Å²) in [6.45, 7) is 1.78. The first-order chi connectivity index (χ1) is 14.8. The average molecular weight is 506 g/mol. The van der Waals surface area contributed by atoms with Gasteiger partial charge < -0.3 is 0 Å². The van der Waals surface area contributed by atoms with Crippen LogP contribution in [0, 0.1) is 0 Å². The van der Waals surface area contributed by atoms with Crippen LogP contribution >= 0.6 is 0 Å². The zero-order valence-corrected chi connectivity index (χ0v) is 16.9. The van der Waals surface area contributed by atoms with E-state index in [1.807, 2.05) is 0 Å². The maximum Gasteiger partial charge on any atom is 0.460 e. The summed E-state index contributed by atoms with van der Waals surface area (Å²) in [6.07, 6.45) is -6.86. The Labute approximate surface area is 180 Å². The summed E-state index contributed by atoms with van der Waals surface area (Å²) >= 11 is 0. The quantitative estimate of drug-likeness (QED) is 0.208. The summed E-state index contributed by atoms with van der Waals surface area (Å²) in [5, 5.41) is 0. The largest absolute Gasteiger partial charge is 0.460 e. The van der Waals surface area contributed by atoms with Crippen LogP contribution in [0.1, 0.15) is 44.6 Å². The fraction of sp³-hybridized carbons (Fsp3) is 0.600. The van der Waals surface area contributed by atoms with Gasteiger partial charge >= 0.3 is 35.8 Å². The molecule has 0 saturated carbocycles. The van der Waals surface area contributed by atoms with E-state index < -0.39 is 53.9 Å². The summed E-state index contributed by atoms with van der Waals surface area (Å²) in [4.78, 5) is 0. The van der Waals surface area contributed by atoms with Crippen LogP contribution in [-0.4, -0.2) is 35.8 Å². The highest BCUT2D eigenvalue weighted by Gasteiger charge is 2.90. The lowest BCUT2D eigenvalue weighted by Crippen LogP contribution is -2.69. The summed E-state index contributed by atoms with van der Waals surface area (Å²) in [5.74, 6) is -37.0. The topological polar surface area (TPSA) is 0 Å². The highest BCUT2D eigenvalue weighted by atomic mass is 19.4. The number of unbranched alkanes of at least 4 members (excludes halogenated alkanes) is 3. The van der Waals surface area contributed by atoms with Crippen LogP contribution in [-0.2, 0) is 0 Å². The number of hydrogen-bond acceptors (Lipinski definition) is 0. The Morgan fingerprint density at radius 3 is 1.58 bits per heavy atom. The molecule has 0 spiro atoms. The normalized spacial score (nSPS) is 15.2. The molecule has 1 aromatic carbocycles. The van der Waals surface area contributed by atoms with Crippen LogP contribution in [0.4, 0.5) is 57.1 Å². The number of benzene rings is 1. The maximum atomic E-state index is 14.3. The Hall–Kier alpha value is -1.95. The summed E-state index contributed by atoms with van der Waals surface area (Å²) < 4.78 is 173.